The molecule has 2 aromatic rings. The quantitative estimate of drug-likeness (QED) is 0.602. The summed E-state index contributed by atoms with van der Waals surface area (Å²) in [7, 11) is 1.25. The average Bonchev–Trinajstić information content (AvgIpc) is 2.74. The van der Waals surface area contributed by atoms with E-state index < -0.39 is 23.7 Å². The summed E-state index contributed by atoms with van der Waals surface area (Å²) in [6.07, 6.45) is 0.806. The largest absolute Gasteiger partial charge is 0.468 e. The van der Waals surface area contributed by atoms with Crippen LogP contribution in [-0.2, 0) is 20.7 Å². The highest BCUT2D eigenvalue weighted by Gasteiger charge is 2.44. The molecule has 1 heterocycles. The molecule has 0 aromatic heterocycles. The van der Waals surface area contributed by atoms with Gasteiger partial charge in [0, 0.05) is 11.7 Å². The van der Waals surface area contributed by atoms with Crippen molar-refractivity contribution in [3.05, 3.63) is 82.4 Å². The van der Waals surface area contributed by atoms with E-state index in [0.29, 0.717) is 16.4 Å². The Kier molecular flexibility index (Phi) is 6.51. The van der Waals surface area contributed by atoms with Crippen LogP contribution in [0.2, 0.25) is 0 Å². The third kappa shape index (κ3) is 4.26. The Morgan fingerprint density at radius 3 is 2.39 bits per heavy atom. The van der Waals surface area contributed by atoms with Crippen LogP contribution < -0.4 is 5.32 Å². The molecule has 0 saturated carbocycles. The molecule has 6 heteroatoms. The number of nitrogens with zero attached hydrogens (tertiary/aromatic N) is 1. The molecule has 0 bridgehead atoms. The van der Waals surface area contributed by atoms with Gasteiger partial charge in [-0.2, -0.15) is 5.26 Å². The minimum absolute atomic E-state index is 0.388. The van der Waals surface area contributed by atoms with Gasteiger partial charge in [0.15, 0.2) is 0 Å². The van der Waals surface area contributed by atoms with Gasteiger partial charge in [-0.1, -0.05) is 60.7 Å². The number of amides is 1. The summed E-state index contributed by atoms with van der Waals surface area (Å²) in [4.78, 5) is 25.0. The molecule has 1 N–H and O–H groups in total. The van der Waals surface area contributed by atoms with Crippen molar-refractivity contribution in [3.63, 3.8) is 0 Å². The van der Waals surface area contributed by atoms with Gasteiger partial charge < -0.3 is 10.1 Å². The number of thioether (sulfide) groups is 1. The van der Waals surface area contributed by atoms with Crippen molar-refractivity contribution in [2.24, 2.45) is 5.92 Å². The van der Waals surface area contributed by atoms with Gasteiger partial charge in [0.1, 0.15) is 5.92 Å². The Hall–Kier alpha value is -3.04. The van der Waals surface area contributed by atoms with Crippen LogP contribution in [0.5, 0.6) is 0 Å². The van der Waals surface area contributed by atoms with Crippen LogP contribution in [0.15, 0.2) is 71.3 Å². The summed E-state index contributed by atoms with van der Waals surface area (Å²) in [6, 6.07) is 21.4. The molecule has 28 heavy (non-hydrogen) atoms. The third-order valence-electron chi connectivity index (χ3n) is 4.62. The van der Waals surface area contributed by atoms with E-state index in [-0.39, 0.29) is 0 Å². The first-order valence-electron chi connectivity index (χ1n) is 8.90. The van der Waals surface area contributed by atoms with E-state index in [4.69, 9.17) is 4.74 Å². The van der Waals surface area contributed by atoms with E-state index >= 15 is 0 Å². The maximum Gasteiger partial charge on any atom is 0.319 e. The molecule has 1 aliphatic heterocycles. The summed E-state index contributed by atoms with van der Waals surface area (Å²) in [5.74, 6) is -2.13. The summed E-state index contributed by atoms with van der Waals surface area (Å²) in [6.45, 7) is 0. The van der Waals surface area contributed by atoms with E-state index in [2.05, 4.69) is 11.4 Å². The van der Waals surface area contributed by atoms with E-state index in [0.717, 1.165) is 12.0 Å². The molecule has 2 aromatic carbocycles. The van der Waals surface area contributed by atoms with Crippen LogP contribution in [0.3, 0.4) is 0 Å². The second-order valence-corrected chi connectivity index (χ2v) is 7.42. The number of allylic oxidation sites excluding steroid dienone is 1. The molecule has 0 radical (unpaired) electrons. The van der Waals surface area contributed by atoms with Crippen molar-refractivity contribution < 1.29 is 14.3 Å². The predicted molar refractivity (Wildman–Crippen MR) is 108 cm³/mol. The van der Waals surface area contributed by atoms with Gasteiger partial charge in [-0.15, -0.1) is 11.8 Å². The molecule has 5 nitrogen and oxygen atoms in total. The van der Waals surface area contributed by atoms with Crippen molar-refractivity contribution >= 4 is 23.6 Å². The number of carbonyl (C=O) groups excluding carboxylic acids is 2. The molecule has 1 aliphatic rings. The number of rotatable bonds is 6. The van der Waals surface area contributed by atoms with Crippen LogP contribution >= 0.6 is 11.8 Å². The lowest BCUT2D eigenvalue weighted by atomic mass is 9.78. The van der Waals surface area contributed by atoms with E-state index in [1.807, 2.05) is 60.7 Å². The lowest BCUT2D eigenvalue weighted by Gasteiger charge is -2.31. The maximum atomic E-state index is 12.7. The van der Waals surface area contributed by atoms with Crippen LogP contribution in [0.4, 0.5) is 0 Å². The normalized spacial score (nSPS) is 18.9. The highest BCUT2D eigenvalue weighted by molar-refractivity contribution is 8.03. The number of ether oxygens (including phenoxy) is 1. The Balaban J connectivity index is 1.91. The van der Waals surface area contributed by atoms with Gasteiger partial charge in [0.05, 0.1) is 23.8 Å². The average molecular weight is 392 g/mol. The lowest BCUT2D eigenvalue weighted by Crippen LogP contribution is -2.44. The van der Waals surface area contributed by atoms with Crippen LogP contribution in [0.25, 0.3) is 0 Å². The van der Waals surface area contributed by atoms with E-state index in [9.17, 15) is 14.9 Å². The van der Waals surface area contributed by atoms with Gasteiger partial charge in [0.25, 0.3) is 0 Å². The number of nitriles is 1. The Bertz CT molecular complexity index is 920. The van der Waals surface area contributed by atoms with Gasteiger partial charge in [-0.3, -0.25) is 9.59 Å². The predicted octanol–water partition coefficient (Wildman–Crippen LogP) is 3.40. The number of hydrogen-bond acceptors (Lipinski definition) is 5. The molecule has 0 spiro atoms. The monoisotopic (exact) mass is 392 g/mol. The van der Waals surface area contributed by atoms with Crippen molar-refractivity contribution in [2.75, 3.05) is 12.9 Å². The molecule has 0 fully saturated rings. The number of benzene rings is 2. The zero-order valence-corrected chi connectivity index (χ0v) is 16.2. The fraction of sp³-hybridized carbons (Fsp3) is 0.227. The molecule has 142 valence electrons. The zero-order valence-electron chi connectivity index (χ0n) is 15.4. The number of hydrogen-bond donors (Lipinski definition) is 1. The first kappa shape index (κ1) is 19.7. The van der Waals surface area contributed by atoms with Crippen molar-refractivity contribution in [2.45, 2.75) is 12.3 Å². The van der Waals surface area contributed by atoms with E-state index in [1.54, 1.807) is 0 Å². The van der Waals surface area contributed by atoms with Gasteiger partial charge in [-0.05, 0) is 17.5 Å². The zero-order chi connectivity index (χ0) is 19.9. The highest BCUT2D eigenvalue weighted by atomic mass is 32.2. The second kappa shape index (κ2) is 9.25. The minimum atomic E-state index is -1.08. The maximum absolute atomic E-state index is 12.7. The fourth-order valence-corrected chi connectivity index (χ4v) is 4.30. The number of nitrogens with one attached hydrogen (secondary N) is 1. The van der Waals surface area contributed by atoms with Gasteiger partial charge in [0.2, 0.25) is 5.91 Å². The molecule has 0 aliphatic carbocycles. The SMILES string of the molecule is COC(=O)[C@H]1C(=O)NC(SCCc2ccccc2)=C(C#N)[C@H]1c1ccccc1. The number of methoxy groups -OCH3 is 1. The van der Waals surface area contributed by atoms with E-state index in [1.165, 1.54) is 24.4 Å². The van der Waals surface area contributed by atoms with Gasteiger partial charge in [-0.25, -0.2) is 0 Å². The topological polar surface area (TPSA) is 79.2 Å². The number of aryl methyl sites for hydroxylation is 1. The summed E-state index contributed by atoms with van der Waals surface area (Å²) in [5, 5.41) is 13.1. The smallest absolute Gasteiger partial charge is 0.319 e. The van der Waals surface area contributed by atoms with Crippen LogP contribution in [0.1, 0.15) is 17.0 Å². The number of esters is 1. The highest BCUT2D eigenvalue weighted by Crippen LogP contribution is 2.40. The molecule has 0 saturated heterocycles. The van der Waals surface area contributed by atoms with Crippen molar-refractivity contribution in [1.82, 2.24) is 5.32 Å². The fourth-order valence-electron chi connectivity index (χ4n) is 3.26. The summed E-state index contributed by atoms with van der Waals surface area (Å²) >= 11 is 1.42. The van der Waals surface area contributed by atoms with Crippen molar-refractivity contribution in [1.29, 1.82) is 5.26 Å². The standard InChI is InChI=1S/C22H20N2O3S/c1-27-22(26)19-18(16-10-6-3-7-11-16)17(14-23)21(24-20(19)25)28-13-12-15-8-4-2-5-9-15/h2-11,18-19H,12-13H2,1H3,(H,24,25)/t18-,19-/m1/s1. The molecule has 0 unspecified atom stereocenters. The lowest BCUT2D eigenvalue weighted by molar-refractivity contribution is -0.150. The second-order valence-electron chi connectivity index (χ2n) is 6.32. The summed E-state index contributed by atoms with van der Waals surface area (Å²) < 4.78 is 4.84. The molecule has 3 rings (SSSR count). The van der Waals surface area contributed by atoms with Crippen LogP contribution in [-0.4, -0.2) is 24.7 Å². The summed E-state index contributed by atoms with van der Waals surface area (Å²) in [5.41, 5.74) is 2.31. The Morgan fingerprint density at radius 2 is 1.79 bits per heavy atom. The van der Waals surface area contributed by atoms with Crippen LogP contribution in [0, 0.1) is 17.2 Å². The first-order valence-corrected chi connectivity index (χ1v) is 9.89. The molecule has 2 atom stereocenters. The molecule has 1 amide bonds. The molecular weight excluding hydrogens is 372 g/mol. The minimum Gasteiger partial charge on any atom is -0.468 e. The van der Waals surface area contributed by atoms with Gasteiger partial charge >= 0.3 is 5.97 Å². The third-order valence-corrected chi connectivity index (χ3v) is 5.64. The number of carbonyl (C=O) groups is 2. The molecular formula is C22H20N2O3S. The first-order chi connectivity index (χ1) is 13.7. The van der Waals surface area contributed by atoms with Crippen molar-refractivity contribution in [3.8, 4) is 6.07 Å². The Labute approximate surface area is 168 Å². The Morgan fingerprint density at radius 1 is 1.14 bits per heavy atom.